The number of fused-ring (bicyclic) bond motifs is 1. The number of sulfonamides is 1. The van der Waals surface area contributed by atoms with Gasteiger partial charge in [0.25, 0.3) is 0 Å². The van der Waals surface area contributed by atoms with E-state index in [1.165, 1.54) is 0 Å². The van der Waals surface area contributed by atoms with Crippen molar-refractivity contribution in [1.82, 2.24) is 0 Å². The molecule has 1 aromatic carbocycles. The molecule has 0 saturated carbocycles. The molecular formula is C10H11NO2S2. The first kappa shape index (κ1) is 10.4. The lowest BCUT2D eigenvalue weighted by Crippen LogP contribution is -2.14. The van der Waals surface area contributed by atoms with Crippen molar-refractivity contribution in [2.45, 2.75) is 6.92 Å². The first-order valence-electron chi connectivity index (χ1n) is 4.58. The van der Waals surface area contributed by atoms with Gasteiger partial charge in [0.05, 0.1) is 5.75 Å². The highest BCUT2D eigenvalue weighted by Crippen LogP contribution is 2.24. The Kier molecular flexibility index (Phi) is 2.67. The van der Waals surface area contributed by atoms with Crippen molar-refractivity contribution in [1.29, 1.82) is 0 Å². The third kappa shape index (κ3) is 2.30. The van der Waals surface area contributed by atoms with Gasteiger partial charge in [0.15, 0.2) is 0 Å². The van der Waals surface area contributed by atoms with Crippen LogP contribution in [0.25, 0.3) is 10.1 Å². The van der Waals surface area contributed by atoms with Crippen LogP contribution in [0.2, 0.25) is 0 Å². The maximum atomic E-state index is 11.3. The molecule has 0 bridgehead atoms. The van der Waals surface area contributed by atoms with Gasteiger partial charge in [-0.3, -0.25) is 4.72 Å². The number of hydrogen-bond acceptors (Lipinski definition) is 3. The van der Waals surface area contributed by atoms with Crippen LogP contribution in [0.15, 0.2) is 29.6 Å². The number of benzene rings is 1. The molecule has 0 amide bonds. The Hall–Kier alpha value is -1.07. The van der Waals surface area contributed by atoms with Gasteiger partial charge in [-0.15, -0.1) is 11.3 Å². The zero-order valence-corrected chi connectivity index (χ0v) is 9.86. The summed E-state index contributed by atoms with van der Waals surface area (Å²) in [6.45, 7) is 1.62. The number of hydrogen-bond donors (Lipinski definition) is 1. The molecule has 0 saturated heterocycles. The lowest BCUT2D eigenvalue weighted by Gasteiger charge is -2.05. The molecule has 80 valence electrons. The Morgan fingerprint density at radius 3 is 2.87 bits per heavy atom. The van der Waals surface area contributed by atoms with Crippen molar-refractivity contribution < 1.29 is 8.42 Å². The van der Waals surface area contributed by atoms with Gasteiger partial charge in [0, 0.05) is 10.4 Å². The van der Waals surface area contributed by atoms with Crippen molar-refractivity contribution in [3.05, 3.63) is 29.6 Å². The highest BCUT2D eigenvalue weighted by atomic mass is 32.2. The minimum Gasteiger partial charge on any atom is -0.284 e. The van der Waals surface area contributed by atoms with Crippen LogP contribution in [0.4, 0.5) is 5.69 Å². The van der Waals surface area contributed by atoms with Crippen molar-refractivity contribution in [2.75, 3.05) is 10.5 Å². The van der Waals surface area contributed by atoms with E-state index in [0.29, 0.717) is 5.69 Å². The first-order valence-corrected chi connectivity index (χ1v) is 7.12. The smallest absolute Gasteiger partial charge is 0.232 e. The zero-order chi connectivity index (χ0) is 10.9. The molecule has 1 heterocycles. The van der Waals surface area contributed by atoms with Crippen molar-refractivity contribution in [2.24, 2.45) is 0 Å². The molecule has 5 heteroatoms. The van der Waals surface area contributed by atoms with Gasteiger partial charge in [0.2, 0.25) is 10.0 Å². The van der Waals surface area contributed by atoms with Crippen LogP contribution < -0.4 is 4.72 Å². The minimum atomic E-state index is -3.17. The fraction of sp³-hybridized carbons (Fsp3) is 0.200. The van der Waals surface area contributed by atoms with Gasteiger partial charge in [-0.1, -0.05) is 0 Å². The highest BCUT2D eigenvalue weighted by Gasteiger charge is 2.06. The number of nitrogens with one attached hydrogen (secondary N) is 1. The molecule has 2 aromatic rings. The molecule has 15 heavy (non-hydrogen) atoms. The Balaban J connectivity index is 2.37. The van der Waals surface area contributed by atoms with Crippen molar-refractivity contribution in [3.8, 4) is 0 Å². The van der Waals surface area contributed by atoms with Crippen LogP contribution in [-0.4, -0.2) is 14.2 Å². The van der Waals surface area contributed by atoms with Crippen LogP contribution in [-0.2, 0) is 10.0 Å². The summed E-state index contributed by atoms with van der Waals surface area (Å²) in [7, 11) is -3.17. The predicted molar refractivity (Wildman–Crippen MR) is 64.9 cm³/mol. The summed E-state index contributed by atoms with van der Waals surface area (Å²) in [6.07, 6.45) is 0. The fourth-order valence-electron chi connectivity index (χ4n) is 1.28. The van der Waals surface area contributed by atoms with Gasteiger partial charge in [-0.2, -0.15) is 0 Å². The largest absolute Gasteiger partial charge is 0.284 e. The molecular weight excluding hydrogens is 230 g/mol. The SMILES string of the molecule is CCS(=O)(=O)Nc1ccc2sccc2c1. The summed E-state index contributed by atoms with van der Waals surface area (Å²) in [5.41, 5.74) is 0.628. The molecule has 0 spiro atoms. The van der Waals surface area contributed by atoms with E-state index in [-0.39, 0.29) is 5.75 Å². The fourth-order valence-corrected chi connectivity index (χ4v) is 2.68. The van der Waals surface area contributed by atoms with Crippen LogP contribution in [0.5, 0.6) is 0 Å². The van der Waals surface area contributed by atoms with Crippen LogP contribution in [0, 0.1) is 0 Å². The first-order chi connectivity index (χ1) is 7.11. The van der Waals surface area contributed by atoms with E-state index in [2.05, 4.69) is 4.72 Å². The van der Waals surface area contributed by atoms with Crippen molar-refractivity contribution >= 4 is 37.1 Å². The van der Waals surface area contributed by atoms with Gasteiger partial charge in [-0.25, -0.2) is 8.42 Å². The Morgan fingerprint density at radius 1 is 1.33 bits per heavy atom. The monoisotopic (exact) mass is 241 g/mol. The van der Waals surface area contributed by atoms with Gasteiger partial charge < -0.3 is 0 Å². The van der Waals surface area contributed by atoms with E-state index in [9.17, 15) is 8.42 Å². The summed E-state index contributed by atoms with van der Waals surface area (Å²) >= 11 is 1.64. The lowest BCUT2D eigenvalue weighted by molar-refractivity contribution is 0.602. The second-order valence-electron chi connectivity index (χ2n) is 3.18. The normalized spacial score (nSPS) is 11.8. The third-order valence-corrected chi connectivity index (χ3v) is 4.31. The summed E-state index contributed by atoms with van der Waals surface area (Å²) < 4.78 is 26.4. The van der Waals surface area contributed by atoms with Gasteiger partial charge in [0.1, 0.15) is 0 Å². The molecule has 2 rings (SSSR count). The van der Waals surface area contributed by atoms with E-state index in [4.69, 9.17) is 0 Å². The second-order valence-corrected chi connectivity index (χ2v) is 6.14. The quantitative estimate of drug-likeness (QED) is 0.898. The topological polar surface area (TPSA) is 46.2 Å². The summed E-state index contributed by atoms with van der Waals surface area (Å²) in [5, 5.41) is 3.05. The Morgan fingerprint density at radius 2 is 2.13 bits per heavy atom. The minimum absolute atomic E-state index is 0.0919. The van der Waals surface area contributed by atoms with E-state index < -0.39 is 10.0 Å². The molecule has 0 atom stereocenters. The van der Waals surface area contributed by atoms with E-state index >= 15 is 0 Å². The number of rotatable bonds is 3. The third-order valence-electron chi connectivity index (χ3n) is 2.11. The average Bonchev–Trinajstić information content (AvgIpc) is 2.64. The molecule has 1 N–H and O–H groups in total. The van der Waals surface area contributed by atoms with Crippen molar-refractivity contribution in [3.63, 3.8) is 0 Å². The molecule has 0 radical (unpaired) electrons. The maximum Gasteiger partial charge on any atom is 0.232 e. The van der Waals surface area contributed by atoms with E-state index in [1.54, 1.807) is 24.3 Å². The molecule has 0 aliphatic carbocycles. The Labute approximate surface area is 92.8 Å². The standard InChI is InChI=1S/C10H11NO2S2/c1-2-15(12,13)11-9-3-4-10-8(7-9)5-6-14-10/h3-7,11H,2H2,1H3. The Bertz CT molecular complexity index is 572. The average molecular weight is 241 g/mol. The molecule has 0 unspecified atom stereocenters. The molecule has 3 nitrogen and oxygen atoms in total. The highest BCUT2D eigenvalue weighted by molar-refractivity contribution is 7.92. The summed E-state index contributed by atoms with van der Waals surface area (Å²) in [6, 6.07) is 7.53. The molecule has 0 fully saturated rings. The lowest BCUT2D eigenvalue weighted by atomic mass is 10.2. The van der Waals surface area contributed by atoms with E-state index in [1.807, 2.05) is 23.6 Å². The molecule has 0 aliphatic heterocycles. The van der Waals surface area contributed by atoms with Crippen LogP contribution in [0.1, 0.15) is 6.92 Å². The number of anilines is 1. The van der Waals surface area contributed by atoms with Crippen LogP contribution in [0.3, 0.4) is 0 Å². The zero-order valence-electron chi connectivity index (χ0n) is 8.23. The maximum absolute atomic E-state index is 11.3. The summed E-state index contributed by atoms with van der Waals surface area (Å²) in [4.78, 5) is 0. The number of thiophene rings is 1. The predicted octanol–water partition coefficient (Wildman–Crippen LogP) is 2.66. The second kappa shape index (κ2) is 3.83. The summed E-state index contributed by atoms with van der Waals surface area (Å²) in [5.74, 6) is 0.0919. The van der Waals surface area contributed by atoms with Gasteiger partial charge in [-0.05, 0) is 42.0 Å². The molecule has 1 aromatic heterocycles. The van der Waals surface area contributed by atoms with Gasteiger partial charge >= 0.3 is 0 Å². The van der Waals surface area contributed by atoms with Crippen LogP contribution >= 0.6 is 11.3 Å². The van der Waals surface area contributed by atoms with E-state index in [0.717, 1.165) is 10.1 Å². The molecule has 0 aliphatic rings.